The van der Waals surface area contributed by atoms with Crippen LogP contribution >= 0.6 is 0 Å². The third-order valence-electron chi connectivity index (χ3n) is 6.42. The normalized spacial score (nSPS) is 12.2. The molecule has 9 nitrogen and oxygen atoms in total. The van der Waals surface area contributed by atoms with Gasteiger partial charge in [0.05, 0.1) is 24.3 Å². The van der Waals surface area contributed by atoms with Crippen LogP contribution in [0.5, 0.6) is 11.5 Å². The molecule has 0 spiro atoms. The fraction of sp³-hybridized carbons (Fsp3) is 0.375. The van der Waals surface area contributed by atoms with Gasteiger partial charge in [-0.05, 0) is 88.2 Å². The molecule has 0 bridgehead atoms. The van der Waals surface area contributed by atoms with E-state index in [1.165, 1.54) is 17.0 Å². The van der Waals surface area contributed by atoms with Crippen molar-refractivity contribution in [2.24, 2.45) is 0 Å². The second-order valence-corrected chi connectivity index (χ2v) is 12.7. The average molecular weight is 596 g/mol. The van der Waals surface area contributed by atoms with Gasteiger partial charge in [-0.2, -0.15) is 0 Å². The Morgan fingerprint density at radius 2 is 1.57 bits per heavy atom. The second kappa shape index (κ2) is 14.2. The molecule has 0 saturated heterocycles. The Morgan fingerprint density at radius 1 is 0.905 bits per heavy atom. The minimum absolute atomic E-state index is 0.0450. The van der Waals surface area contributed by atoms with Crippen LogP contribution in [-0.2, 0) is 26.2 Å². The summed E-state index contributed by atoms with van der Waals surface area (Å²) in [5, 5.41) is 2.97. The molecule has 0 aliphatic heterocycles. The van der Waals surface area contributed by atoms with Gasteiger partial charge in [-0.15, -0.1) is 0 Å². The number of methoxy groups -OCH3 is 1. The highest BCUT2D eigenvalue weighted by atomic mass is 32.2. The number of anilines is 1. The number of ether oxygens (including phenoxy) is 2. The molecule has 1 atom stereocenters. The lowest BCUT2D eigenvalue weighted by atomic mass is 10.1. The van der Waals surface area contributed by atoms with Crippen molar-refractivity contribution in [3.63, 3.8) is 0 Å². The summed E-state index contributed by atoms with van der Waals surface area (Å²) < 4.78 is 39.8. The number of hydrogen-bond donors (Lipinski definition) is 1. The molecule has 226 valence electrons. The molecule has 42 heavy (non-hydrogen) atoms. The Bertz CT molecular complexity index is 1440. The second-order valence-electron chi connectivity index (χ2n) is 10.8. The largest absolute Gasteiger partial charge is 0.497 e. The number of nitrogens with zero attached hydrogens (tertiary/aromatic N) is 2. The molecule has 1 unspecified atom stereocenters. The number of sulfonamides is 1. The maximum Gasteiger partial charge on any atom is 0.264 e. The Kier molecular flexibility index (Phi) is 11.0. The van der Waals surface area contributed by atoms with Crippen LogP contribution in [0.4, 0.5) is 5.69 Å². The van der Waals surface area contributed by atoms with Crippen LogP contribution in [0.1, 0.15) is 46.6 Å². The van der Waals surface area contributed by atoms with Crippen LogP contribution in [0, 0.1) is 0 Å². The third-order valence-corrected chi connectivity index (χ3v) is 8.21. The van der Waals surface area contributed by atoms with E-state index in [1.807, 2.05) is 40.7 Å². The van der Waals surface area contributed by atoms with Gasteiger partial charge in [-0.1, -0.05) is 37.3 Å². The first-order valence-electron chi connectivity index (χ1n) is 13.9. The molecular weight excluding hydrogens is 554 g/mol. The van der Waals surface area contributed by atoms with Crippen molar-refractivity contribution in [3.05, 3.63) is 84.4 Å². The molecule has 3 aromatic rings. The predicted molar refractivity (Wildman–Crippen MR) is 164 cm³/mol. The van der Waals surface area contributed by atoms with E-state index in [0.29, 0.717) is 30.2 Å². The first-order valence-corrected chi connectivity index (χ1v) is 15.4. The fourth-order valence-corrected chi connectivity index (χ4v) is 5.90. The summed E-state index contributed by atoms with van der Waals surface area (Å²) in [5.74, 6) is 0.339. The Hall–Kier alpha value is -4.05. The van der Waals surface area contributed by atoms with E-state index in [9.17, 15) is 18.0 Å². The molecule has 0 radical (unpaired) electrons. The van der Waals surface area contributed by atoms with E-state index in [-0.39, 0.29) is 17.3 Å². The summed E-state index contributed by atoms with van der Waals surface area (Å²) in [6.07, 6.45) is 0.326. The van der Waals surface area contributed by atoms with Gasteiger partial charge < -0.3 is 19.7 Å². The highest BCUT2D eigenvalue weighted by Gasteiger charge is 2.34. The molecule has 3 rings (SSSR count). The van der Waals surface area contributed by atoms with Crippen molar-refractivity contribution in [1.82, 2.24) is 10.2 Å². The number of amides is 2. The lowest BCUT2D eigenvalue weighted by molar-refractivity contribution is -0.141. The van der Waals surface area contributed by atoms with E-state index in [4.69, 9.17) is 9.47 Å². The molecule has 0 heterocycles. The number of benzene rings is 3. The molecule has 1 N–H and O–H groups in total. The zero-order valence-corrected chi connectivity index (χ0v) is 26.0. The van der Waals surface area contributed by atoms with Gasteiger partial charge in [0.2, 0.25) is 11.8 Å². The highest BCUT2D eigenvalue weighted by molar-refractivity contribution is 7.92. The first-order chi connectivity index (χ1) is 19.9. The van der Waals surface area contributed by atoms with E-state index in [2.05, 4.69) is 5.32 Å². The molecule has 0 saturated carbocycles. The number of carbonyl (C=O) groups excluding carboxylic acids is 2. The van der Waals surface area contributed by atoms with Crippen LogP contribution < -0.4 is 19.1 Å². The van der Waals surface area contributed by atoms with Gasteiger partial charge in [0, 0.05) is 12.1 Å². The third kappa shape index (κ3) is 8.48. The zero-order chi connectivity index (χ0) is 30.9. The van der Waals surface area contributed by atoms with Crippen molar-refractivity contribution < 1.29 is 27.5 Å². The van der Waals surface area contributed by atoms with Crippen molar-refractivity contribution >= 4 is 27.5 Å². The first kappa shape index (κ1) is 32.5. The topological polar surface area (TPSA) is 105 Å². The molecule has 10 heteroatoms. The summed E-state index contributed by atoms with van der Waals surface area (Å²) in [6.45, 7) is 9.30. The molecule has 2 amide bonds. The molecule has 0 aliphatic carbocycles. The maximum atomic E-state index is 14.2. The summed E-state index contributed by atoms with van der Waals surface area (Å²) in [7, 11) is -2.60. The molecular formula is C32H41N3O6S. The molecule has 0 aromatic heterocycles. The standard InChI is InChI=1S/C32H41N3O6S/c1-7-29(31(37)33-32(3,4)5)34(22-24-13-12-14-27(21-24)40-6)30(36)23-35(25-17-19-26(20-18-25)41-8-2)42(38,39)28-15-10-9-11-16-28/h9-21,29H,7-8,22-23H2,1-6H3,(H,33,37). The Labute approximate surface area is 249 Å². The number of rotatable bonds is 13. The van der Waals surface area contributed by atoms with Crippen LogP contribution in [0.15, 0.2) is 83.8 Å². The minimum atomic E-state index is -4.15. The van der Waals surface area contributed by atoms with Gasteiger partial charge >= 0.3 is 0 Å². The van der Waals surface area contributed by atoms with Gasteiger partial charge in [0.1, 0.15) is 24.1 Å². The lowest BCUT2D eigenvalue weighted by Gasteiger charge is -2.34. The average Bonchev–Trinajstić information content (AvgIpc) is 2.96. The molecule has 0 fully saturated rings. The number of hydrogen-bond acceptors (Lipinski definition) is 6. The monoisotopic (exact) mass is 595 g/mol. The van der Waals surface area contributed by atoms with Crippen molar-refractivity contribution in [2.45, 2.75) is 64.1 Å². The maximum absolute atomic E-state index is 14.2. The van der Waals surface area contributed by atoms with E-state index in [0.717, 1.165) is 9.87 Å². The van der Waals surface area contributed by atoms with Gasteiger partial charge in [0.15, 0.2) is 0 Å². The Balaban J connectivity index is 2.07. The quantitative estimate of drug-likeness (QED) is 0.298. The van der Waals surface area contributed by atoms with Crippen molar-refractivity contribution in [3.8, 4) is 11.5 Å². The van der Waals surface area contributed by atoms with Gasteiger partial charge in [-0.25, -0.2) is 8.42 Å². The predicted octanol–water partition coefficient (Wildman–Crippen LogP) is 5.01. The van der Waals surface area contributed by atoms with Gasteiger partial charge in [-0.3, -0.25) is 13.9 Å². The SMILES string of the molecule is CCOc1ccc(N(CC(=O)N(Cc2cccc(OC)c2)C(CC)C(=O)NC(C)(C)C)S(=O)(=O)c2ccccc2)cc1. The molecule has 0 aliphatic rings. The molecule has 3 aromatic carbocycles. The van der Waals surface area contributed by atoms with E-state index in [1.54, 1.807) is 67.8 Å². The smallest absolute Gasteiger partial charge is 0.264 e. The van der Waals surface area contributed by atoms with Crippen LogP contribution in [0.2, 0.25) is 0 Å². The van der Waals surface area contributed by atoms with Crippen LogP contribution in [0.25, 0.3) is 0 Å². The zero-order valence-electron chi connectivity index (χ0n) is 25.2. The van der Waals surface area contributed by atoms with Crippen molar-refractivity contribution in [1.29, 1.82) is 0 Å². The summed E-state index contributed by atoms with van der Waals surface area (Å²) in [5.41, 5.74) is 0.507. The summed E-state index contributed by atoms with van der Waals surface area (Å²) >= 11 is 0. The van der Waals surface area contributed by atoms with Crippen LogP contribution in [-0.4, -0.2) is 57.0 Å². The fourth-order valence-electron chi connectivity index (χ4n) is 4.46. The summed E-state index contributed by atoms with van der Waals surface area (Å²) in [6, 6.07) is 20.9. The van der Waals surface area contributed by atoms with Crippen molar-refractivity contribution in [2.75, 3.05) is 24.6 Å². The minimum Gasteiger partial charge on any atom is -0.497 e. The number of carbonyl (C=O) groups is 2. The van der Waals surface area contributed by atoms with Crippen LogP contribution in [0.3, 0.4) is 0 Å². The summed E-state index contributed by atoms with van der Waals surface area (Å²) in [4.78, 5) is 29.1. The highest BCUT2D eigenvalue weighted by Crippen LogP contribution is 2.27. The Morgan fingerprint density at radius 3 is 2.14 bits per heavy atom. The van der Waals surface area contributed by atoms with E-state index >= 15 is 0 Å². The number of nitrogens with one attached hydrogen (secondary N) is 1. The van der Waals surface area contributed by atoms with E-state index < -0.39 is 34.1 Å². The lowest BCUT2D eigenvalue weighted by Crippen LogP contribution is -2.55. The van der Waals surface area contributed by atoms with Gasteiger partial charge in [0.25, 0.3) is 10.0 Å².